The van der Waals surface area contributed by atoms with E-state index < -0.39 is 21.6 Å². The van der Waals surface area contributed by atoms with Crippen molar-refractivity contribution < 1.29 is 18.0 Å². The standard InChI is InChI=1S/C18H26N4O4S/c1-3-9-18(15-7-5-4-6-8-15)16(23)22(17(24)19-18)14-20-10-12-21(13-11-20)27(2,25)26/h4-8H,3,9-14H2,1-2H3,(H,19,24)/t18-/m0/s1. The molecule has 27 heavy (non-hydrogen) atoms. The van der Waals surface area contributed by atoms with Gasteiger partial charge >= 0.3 is 6.03 Å². The first kappa shape index (κ1) is 19.8. The van der Waals surface area contributed by atoms with Crippen LogP contribution in [0.15, 0.2) is 30.3 Å². The smallest absolute Gasteiger partial charge is 0.319 e. The molecule has 8 nitrogen and oxygen atoms in total. The molecule has 0 aromatic heterocycles. The third kappa shape index (κ3) is 3.85. The Morgan fingerprint density at radius 3 is 2.26 bits per heavy atom. The molecule has 0 saturated carbocycles. The molecule has 1 aromatic rings. The van der Waals surface area contributed by atoms with Crippen molar-refractivity contribution in [3.05, 3.63) is 35.9 Å². The number of sulfonamides is 1. The maximum absolute atomic E-state index is 13.2. The van der Waals surface area contributed by atoms with Gasteiger partial charge in [0.05, 0.1) is 12.9 Å². The summed E-state index contributed by atoms with van der Waals surface area (Å²) in [6, 6.07) is 8.93. The van der Waals surface area contributed by atoms with Gasteiger partial charge in [-0.15, -0.1) is 0 Å². The number of piperazine rings is 1. The Balaban J connectivity index is 1.74. The summed E-state index contributed by atoms with van der Waals surface area (Å²) in [5, 5.41) is 2.91. The number of benzene rings is 1. The Morgan fingerprint density at radius 1 is 1.07 bits per heavy atom. The van der Waals surface area contributed by atoms with Crippen LogP contribution < -0.4 is 5.32 Å². The maximum Gasteiger partial charge on any atom is 0.326 e. The zero-order valence-electron chi connectivity index (χ0n) is 15.7. The SMILES string of the molecule is CCC[C@@]1(c2ccccc2)NC(=O)N(CN2CCN(S(C)(=O)=O)CC2)C1=O. The van der Waals surface area contributed by atoms with E-state index in [-0.39, 0.29) is 12.6 Å². The molecule has 0 radical (unpaired) electrons. The summed E-state index contributed by atoms with van der Waals surface area (Å²) in [5.74, 6) is -0.244. The fourth-order valence-electron chi connectivity index (χ4n) is 3.76. The lowest BCUT2D eigenvalue weighted by molar-refractivity contribution is -0.133. The lowest BCUT2D eigenvalue weighted by atomic mass is 9.85. The number of rotatable bonds is 6. The molecule has 2 saturated heterocycles. The number of nitrogens with one attached hydrogen (secondary N) is 1. The highest BCUT2D eigenvalue weighted by molar-refractivity contribution is 7.88. The van der Waals surface area contributed by atoms with Crippen LogP contribution in [0.1, 0.15) is 25.3 Å². The first-order chi connectivity index (χ1) is 12.8. The van der Waals surface area contributed by atoms with E-state index in [9.17, 15) is 18.0 Å². The second kappa shape index (κ2) is 7.57. The van der Waals surface area contributed by atoms with Crippen molar-refractivity contribution in [2.75, 3.05) is 39.1 Å². The fraction of sp³-hybridized carbons (Fsp3) is 0.556. The van der Waals surface area contributed by atoms with E-state index in [4.69, 9.17) is 0 Å². The van der Waals surface area contributed by atoms with Crippen molar-refractivity contribution in [3.8, 4) is 0 Å². The number of imide groups is 1. The van der Waals surface area contributed by atoms with Gasteiger partial charge in [0.2, 0.25) is 10.0 Å². The minimum atomic E-state index is -3.21. The summed E-state index contributed by atoms with van der Waals surface area (Å²) in [5.41, 5.74) is -0.239. The number of urea groups is 1. The van der Waals surface area contributed by atoms with Gasteiger partial charge in [0.25, 0.3) is 5.91 Å². The Morgan fingerprint density at radius 2 is 1.70 bits per heavy atom. The van der Waals surface area contributed by atoms with Crippen LogP contribution in [0.25, 0.3) is 0 Å². The molecular weight excluding hydrogens is 368 g/mol. The third-order valence-electron chi connectivity index (χ3n) is 5.21. The number of nitrogens with zero attached hydrogens (tertiary/aromatic N) is 3. The average molecular weight is 394 g/mol. The van der Waals surface area contributed by atoms with Crippen LogP contribution in [-0.4, -0.2) is 73.6 Å². The summed E-state index contributed by atoms with van der Waals surface area (Å²) in [6.07, 6.45) is 2.47. The number of hydrogen-bond acceptors (Lipinski definition) is 5. The third-order valence-corrected chi connectivity index (χ3v) is 6.51. The van der Waals surface area contributed by atoms with Gasteiger partial charge < -0.3 is 5.32 Å². The lowest BCUT2D eigenvalue weighted by Crippen LogP contribution is -2.52. The monoisotopic (exact) mass is 394 g/mol. The van der Waals surface area contributed by atoms with Crippen LogP contribution in [-0.2, 0) is 20.4 Å². The van der Waals surface area contributed by atoms with Crippen molar-refractivity contribution in [3.63, 3.8) is 0 Å². The topological polar surface area (TPSA) is 90.0 Å². The van der Waals surface area contributed by atoms with E-state index in [0.717, 1.165) is 12.0 Å². The minimum Gasteiger partial charge on any atom is -0.319 e. The summed E-state index contributed by atoms with van der Waals surface area (Å²) in [6.45, 7) is 3.84. The van der Waals surface area contributed by atoms with Gasteiger partial charge in [-0.1, -0.05) is 43.7 Å². The van der Waals surface area contributed by atoms with E-state index in [1.807, 2.05) is 42.2 Å². The predicted octanol–water partition coefficient (Wildman–Crippen LogP) is 0.769. The van der Waals surface area contributed by atoms with E-state index in [2.05, 4.69) is 5.32 Å². The Hall–Kier alpha value is -1.97. The van der Waals surface area contributed by atoms with Crippen LogP contribution >= 0.6 is 0 Å². The zero-order valence-corrected chi connectivity index (χ0v) is 16.5. The molecule has 1 atom stereocenters. The Bertz CT molecular complexity index is 806. The number of amides is 3. The molecule has 2 fully saturated rings. The molecule has 2 aliphatic heterocycles. The van der Waals surface area contributed by atoms with Crippen molar-refractivity contribution in [1.82, 2.24) is 19.4 Å². The van der Waals surface area contributed by atoms with Gasteiger partial charge in [-0.2, -0.15) is 4.31 Å². The normalized spacial score (nSPS) is 25.0. The first-order valence-corrected chi connectivity index (χ1v) is 11.0. The molecule has 1 N–H and O–H groups in total. The van der Waals surface area contributed by atoms with E-state index in [1.54, 1.807) is 0 Å². The second-order valence-electron chi connectivity index (χ2n) is 7.11. The van der Waals surface area contributed by atoms with Gasteiger partial charge in [-0.25, -0.2) is 18.1 Å². The van der Waals surface area contributed by atoms with Crippen LogP contribution in [0.4, 0.5) is 4.79 Å². The van der Waals surface area contributed by atoms with Gasteiger partial charge in [-0.05, 0) is 12.0 Å². The molecule has 9 heteroatoms. The summed E-state index contributed by atoms with van der Waals surface area (Å²) in [7, 11) is -3.21. The Labute approximate surface area is 160 Å². The largest absolute Gasteiger partial charge is 0.326 e. The molecule has 0 spiro atoms. The maximum atomic E-state index is 13.2. The molecule has 0 bridgehead atoms. The molecule has 0 unspecified atom stereocenters. The van der Waals surface area contributed by atoms with Crippen LogP contribution in [0, 0.1) is 0 Å². The van der Waals surface area contributed by atoms with E-state index in [1.165, 1.54) is 15.5 Å². The summed E-state index contributed by atoms with van der Waals surface area (Å²) >= 11 is 0. The molecule has 3 amide bonds. The second-order valence-corrected chi connectivity index (χ2v) is 9.09. The highest BCUT2D eigenvalue weighted by atomic mass is 32.2. The van der Waals surface area contributed by atoms with E-state index >= 15 is 0 Å². The minimum absolute atomic E-state index is 0.167. The summed E-state index contributed by atoms with van der Waals surface area (Å²) in [4.78, 5) is 29.0. The Kier molecular flexibility index (Phi) is 5.55. The molecule has 2 aliphatic rings. The quantitative estimate of drug-likeness (QED) is 0.720. The van der Waals surface area contributed by atoms with Crippen LogP contribution in [0.2, 0.25) is 0 Å². The van der Waals surface area contributed by atoms with Gasteiger partial charge in [-0.3, -0.25) is 9.69 Å². The molecule has 2 heterocycles. The molecule has 0 aliphatic carbocycles. The molecular formula is C18H26N4O4S. The first-order valence-electron chi connectivity index (χ1n) is 9.15. The molecule has 1 aromatic carbocycles. The highest BCUT2D eigenvalue weighted by Crippen LogP contribution is 2.33. The number of carbonyl (C=O) groups is 2. The predicted molar refractivity (Wildman–Crippen MR) is 101 cm³/mol. The van der Waals surface area contributed by atoms with Crippen molar-refractivity contribution in [2.45, 2.75) is 25.3 Å². The lowest BCUT2D eigenvalue weighted by Gasteiger charge is -2.35. The van der Waals surface area contributed by atoms with Crippen molar-refractivity contribution in [1.29, 1.82) is 0 Å². The number of hydrogen-bond donors (Lipinski definition) is 1. The van der Waals surface area contributed by atoms with Crippen molar-refractivity contribution >= 4 is 22.0 Å². The molecule has 148 valence electrons. The summed E-state index contributed by atoms with van der Waals surface area (Å²) < 4.78 is 24.7. The van der Waals surface area contributed by atoms with Gasteiger partial charge in [0.15, 0.2) is 0 Å². The van der Waals surface area contributed by atoms with Gasteiger partial charge in [0, 0.05) is 26.2 Å². The van der Waals surface area contributed by atoms with E-state index in [0.29, 0.717) is 32.6 Å². The van der Waals surface area contributed by atoms with Crippen LogP contribution in [0.3, 0.4) is 0 Å². The average Bonchev–Trinajstić information content (AvgIpc) is 2.88. The highest BCUT2D eigenvalue weighted by Gasteiger charge is 2.52. The number of carbonyl (C=O) groups excluding carboxylic acids is 2. The van der Waals surface area contributed by atoms with Crippen molar-refractivity contribution in [2.24, 2.45) is 0 Å². The fourth-order valence-corrected chi connectivity index (χ4v) is 4.59. The van der Waals surface area contributed by atoms with Crippen LogP contribution in [0.5, 0.6) is 0 Å². The molecule has 3 rings (SSSR count). The zero-order chi connectivity index (χ0) is 19.7. The van der Waals surface area contributed by atoms with Gasteiger partial charge in [0.1, 0.15) is 5.54 Å².